The Morgan fingerprint density at radius 1 is 0.906 bits per heavy atom. The minimum atomic E-state index is -1.48. The highest BCUT2D eigenvalue weighted by molar-refractivity contribution is 7.86. The highest BCUT2D eigenvalue weighted by atomic mass is 32.2. The number of aromatic amines is 1. The third-order valence-electron chi connectivity index (χ3n) is 5.02. The quantitative estimate of drug-likeness (QED) is 0.471. The van der Waals surface area contributed by atoms with Crippen LogP contribution in [0.2, 0.25) is 0 Å². The lowest BCUT2D eigenvalue weighted by Crippen LogP contribution is -2.14. The van der Waals surface area contributed by atoms with Crippen molar-refractivity contribution in [2.45, 2.75) is 32.6 Å². The second kappa shape index (κ2) is 9.70. The van der Waals surface area contributed by atoms with Gasteiger partial charge in [0.15, 0.2) is 11.0 Å². The van der Waals surface area contributed by atoms with Crippen LogP contribution in [0.1, 0.15) is 22.3 Å². The summed E-state index contributed by atoms with van der Waals surface area (Å²) in [6.07, 6.45) is 0. The number of anilines is 1. The number of aromatic nitrogens is 2. The fraction of sp³-hybridized carbons (Fsp3) is 0.160. The van der Waals surface area contributed by atoms with E-state index in [2.05, 4.69) is 14.7 Å². The molecule has 0 radical (unpaired) electrons. The summed E-state index contributed by atoms with van der Waals surface area (Å²) in [6.45, 7) is 9.89. The number of benzene rings is 3. The molecule has 0 aliphatic carbocycles. The molecule has 0 spiro atoms. The Morgan fingerprint density at radius 2 is 1.56 bits per heavy atom. The number of H-pyrrole nitrogens is 1. The Morgan fingerprint density at radius 3 is 2.25 bits per heavy atom. The molecule has 1 aromatic heterocycles. The predicted octanol–water partition coefficient (Wildman–Crippen LogP) is 4.77. The molecule has 164 valence electrons. The van der Waals surface area contributed by atoms with E-state index in [1.807, 2.05) is 89.1 Å². The number of hydrogen-bond donors (Lipinski definition) is 2. The highest BCUT2D eigenvalue weighted by Gasteiger charge is 2.17. The second-order valence-corrected chi connectivity index (χ2v) is 8.73. The number of nitrogens with zero attached hydrogens (tertiary/aromatic N) is 1. The summed E-state index contributed by atoms with van der Waals surface area (Å²) in [7, 11) is -1.48. The first-order valence-corrected chi connectivity index (χ1v) is 11.1. The van der Waals surface area contributed by atoms with Crippen molar-refractivity contribution >= 4 is 34.5 Å². The molecule has 1 atom stereocenters. The largest absolute Gasteiger partial charge is 0.319 e. The lowest BCUT2D eigenvalue weighted by molar-refractivity contribution is -0.0979. The standard InChI is InChI=1S/C24H23N3O2S.CH2O/c1-14-9-10-19(27-30(29)23-16(3)11-15(2)12-17(23)4)18(13-14)22-24(28)26-21-8-6-5-7-20(21)25-22;1-2/h5-13,27H,1-4H3,(H,26,28);1H2. The molecule has 0 bridgehead atoms. The highest BCUT2D eigenvalue weighted by Crippen LogP contribution is 2.29. The van der Waals surface area contributed by atoms with Gasteiger partial charge in [0.2, 0.25) is 0 Å². The molecule has 2 N–H and O–H groups in total. The first-order chi connectivity index (χ1) is 15.3. The van der Waals surface area contributed by atoms with E-state index in [0.29, 0.717) is 28.0 Å². The van der Waals surface area contributed by atoms with Gasteiger partial charge in [-0.25, -0.2) is 9.19 Å². The Bertz CT molecular complexity index is 1360. The molecule has 0 aliphatic rings. The van der Waals surface area contributed by atoms with Gasteiger partial charge in [-0.1, -0.05) is 41.5 Å². The summed E-state index contributed by atoms with van der Waals surface area (Å²) in [5, 5.41) is 0. The van der Waals surface area contributed by atoms with Gasteiger partial charge in [-0.15, -0.1) is 0 Å². The molecule has 4 aromatic rings. The summed E-state index contributed by atoms with van der Waals surface area (Å²) in [5.74, 6) is 0. The van der Waals surface area contributed by atoms with Gasteiger partial charge in [-0.05, 0) is 63.1 Å². The van der Waals surface area contributed by atoms with Crippen LogP contribution in [-0.4, -0.2) is 21.0 Å². The van der Waals surface area contributed by atoms with Crippen molar-refractivity contribution in [3.05, 3.63) is 87.2 Å². The smallest absolute Gasteiger partial charge is 0.275 e. The van der Waals surface area contributed by atoms with E-state index in [-0.39, 0.29) is 5.56 Å². The number of carbonyl (C=O) groups excluding carboxylic acids is 1. The van der Waals surface area contributed by atoms with Crippen LogP contribution in [0, 0.1) is 27.7 Å². The fourth-order valence-electron chi connectivity index (χ4n) is 3.77. The number of para-hydroxylation sites is 2. The van der Waals surface area contributed by atoms with E-state index < -0.39 is 11.0 Å². The summed E-state index contributed by atoms with van der Waals surface area (Å²) in [5.41, 5.74) is 6.68. The average Bonchev–Trinajstić information content (AvgIpc) is 2.75. The van der Waals surface area contributed by atoms with Crippen molar-refractivity contribution in [2.24, 2.45) is 0 Å². The van der Waals surface area contributed by atoms with Crippen LogP contribution < -0.4 is 10.3 Å². The number of hydrogen-bond acceptors (Lipinski definition) is 4. The van der Waals surface area contributed by atoms with Gasteiger partial charge in [0.05, 0.1) is 21.6 Å². The maximum Gasteiger partial charge on any atom is 0.275 e. The minimum absolute atomic E-state index is 0.282. The molecule has 4 rings (SSSR count). The van der Waals surface area contributed by atoms with E-state index >= 15 is 0 Å². The average molecular weight is 448 g/mol. The normalized spacial score (nSPS) is 11.5. The van der Waals surface area contributed by atoms with Crippen molar-refractivity contribution in [1.29, 1.82) is 0 Å². The third-order valence-corrected chi connectivity index (χ3v) is 6.44. The summed E-state index contributed by atoms with van der Waals surface area (Å²) in [6, 6.07) is 17.1. The number of fused-ring (bicyclic) bond motifs is 1. The molecule has 7 heteroatoms. The van der Waals surface area contributed by atoms with Crippen LogP contribution in [0.25, 0.3) is 22.3 Å². The molecule has 0 amide bonds. The van der Waals surface area contributed by atoms with E-state index in [1.54, 1.807) is 0 Å². The first-order valence-electron chi connectivity index (χ1n) is 9.99. The van der Waals surface area contributed by atoms with Crippen LogP contribution in [0.3, 0.4) is 0 Å². The van der Waals surface area contributed by atoms with Gasteiger partial charge in [0.1, 0.15) is 12.5 Å². The molecule has 0 saturated carbocycles. The van der Waals surface area contributed by atoms with Gasteiger partial charge in [0, 0.05) is 5.56 Å². The second-order valence-electron chi connectivity index (χ2n) is 7.58. The Balaban J connectivity index is 0.00000141. The SMILES string of the molecule is C=O.Cc1cc(C)c(S(=O)Nc2ccc(C)cc2-c2nc3ccccc3[nH]c2=O)c(C)c1. The van der Waals surface area contributed by atoms with E-state index in [0.717, 1.165) is 27.1 Å². The molecule has 0 aliphatic heterocycles. The maximum absolute atomic E-state index is 13.2. The van der Waals surface area contributed by atoms with Crippen LogP contribution in [0.15, 0.2) is 64.3 Å². The predicted molar refractivity (Wildman–Crippen MR) is 130 cm³/mol. The zero-order valence-corrected chi connectivity index (χ0v) is 19.3. The number of carbonyl (C=O) groups is 1. The summed E-state index contributed by atoms with van der Waals surface area (Å²) < 4.78 is 16.3. The topological polar surface area (TPSA) is 91.9 Å². The fourth-order valence-corrected chi connectivity index (χ4v) is 4.95. The summed E-state index contributed by atoms with van der Waals surface area (Å²) >= 11 is 0. The van der Waals surface area contributed by atoms with E-state index in [4.69, 9.17) is 4.79 Å². The molecule has 1 heterocycles. The van der Waals surface area contributed by atoms with Crippen molar-refractivity contribution < 1.29 is 9.00 Å². The van der Waals surface area contributed by atoms with Gasteiger partial charge in [0.25, 0.3) is 5.56 Å². The molecule has 1 unspecified atom stereocenters. The Hall–Kier alpha value is -3.58. The van der Waals surface area contributed by atoms with Gasteiger partial charge < -0.3 is 14.5 Å². The molecule has 0 fully saturated rings. The molecule has 6 nitrogen and oxygen atoms in total. The van der Waals surface area contributed by atoms with Crippen LogP contribution in [0.5, 0.6) is 0 Å². The van der Waals surface area contributed by atoms with Crippen molar-refractivity contribution in [3.63, 3.8) is 0 Å². The molecular weight excluding hydrogens is 422 g/mol. The van der Waals surface area contributed by atoms with E-state index in [1.165, 1.54) is 0 Å². The Labute approximate surface area is 189 Å². The molecule has 32 heavy (non-hydrogen) atoms. The molecule has 3 aromatic carbocycles. The first kappa shape index (κ1) is 23.1. The zero-order valence-electron chi connectivity index (χ0n) is 18.5. The Kier molecular flexibility index (Phi) is 7.00. The van der Waals surface area contributed by atoms with Crippen molar-refractivity contribution in [2.75, 3.05) is 4.72 Å². The molecule has 0 saturated heterocycles. The monoisotopic (exact) mass is 447 g/mol. The van der Waals surface area contributed by atoms with Crippen LogP contribution >= 0.6 is 0 Å². The van der Waals surface area contributed by atoms with Crippen molar-refractivity contribution in [3.8, 4) is 11.3 Å². The molecular formula is C25H25N3O3S. The van der Waals surface area contributed by atoms with Crippen LogP contribution in [0.4, 0.5) is 5.69 Å². The lowest BCUT2D eigenvalue weighted by Gasteiger charge is -2.15. The number of nitrogens with one attached hydrogen (secondary N) is 2. The van der Waals surface area contributed by atoms with Crippen molar-refractivity contribution in [1.82, 2.24) is 9.97 Å². The van der Waals surface area contributed by atoms with Gasteiger partial charge in [-0.3, -0.25) is 4.79 Å². The number of rotatable bonds is 4. The number of aryl methyl sites for hydroxylation is 4. The lowest BCUT2D eigenvalue weighted by atomic mass is 10.1. The zero-order chi connectivity index (χ0) is 23.4. The van der Waals surface area contributed by atoms with E-state index in [9.17, 15) is 9.00 Å². The van der Waals surface area contributed by atoms with Crippen LogP contribution in [-0.2, 0) is 15.8 Å². The third kappa shape index (κ3) is 4.68. The van der Waals surface area contributed by atoms with Gasteiger partial charge >= 0.3 is 0 Å². The summed E-state index contributed by atoms with van der Waals surface area (Å²) in [4.78, 5) is 29.0. The van der Waals surface area contributed by atoms with Gasteiger partial charge in [-0.2, -0.15) is 0 Å². The minimum Gasteiger partial charge on any atom is -0.319 e. The maximum atomic E-state index is 13.2.